The number of benzene rings is 2. The summed E-state index contributed by atoms with van der Waals surface area (Å²) in [4.78, 5) is 15.6. The molecule has 1 saturated heterocycles. The number of carbonyl (C=O) groups excluding carboxylic acids is 1. The summed E-state index contributed by atoms with van der Waals surface area (Å²) in [5, 5.41) is 8.79. The molecule has 0 aliphatic carbocycles. The SMILES string of the molecule is Cc1cc(C)n(Cc2ccc(C(=O)N(Cc3cccc(OCCc4ccsc4)c3)CC3CCCO3)cc2)n1. The van der Waals surface area contributed by atoms with Crippen LogP contribution in [0.25, 0.3) is 0 Å². The second-order valence-corrected chi connectivity index (χ2v) is 10.8. The lowest BCUT2D eigenvalue weighted by Crippen LogP contribution is -2.37. The molecule has 5 rings (SSSR count). The first-order chi connectivity index (χ1) is 18.5. The van der Waals surface area contributed by atoms with Crippen LogP contribution in [0.4, 0.5) is 0 Å². The Morgan fingerprint density at radius 1 is 1.11 bits per heavy atom. The Morgan fingerprint density at radius 3 is 2.68 bits per heavy atom. The molecule has 2 aromatic heterocycles. The van der Waals surface area contributed by atoms with Gasteiger partial charge in [0.15, 0.2) is 0 Å². The molecule has 198 valence electrons. The predicted octanol–water partition coefficient (Wildman–Crippen LogP) is 6.05. The largest absolute Gasteiger partial charge is 0.493 e. The van der Waals surface area contributed by atoms with E-state index in [9.17, 15) is 4.79 Å². The zero-order valence-electron chi connectivity index (χ0n) is 22.1. The van der Waals surface area contributed by atoms with E-state index >= 15 is 0 Å². The number of amides is 1. The van der Waals surface area contributed by atoms with E-state index < -0.39 is 0 Å². The normalized spacial score (nSPS) is 15.1. The van der Waals surface area contributed by atoms with E-state index in [2.05, 4.69) is 41.0 Å². The van der Waals surface area contributed by atoms with Gasteiger partial charge in [-0.05, 0) is 90.5 Å². The maximum absolute atomic E-state index is 13.7. The van der Waals surface area contributed by atoms with Crippen LogP contribution in [-0.2, 0) is 24.2 Å². The maximum atomic E-state index is 13.7. The van der Waals surface area contributed by atoms with E-state index in [1.807, 2.05) is 59.0 Å². The molecule has 38 heavy (non-hydrogen) atoms. The molecule has 1 aliphatic rings. The summed E-state index contributed by atoms with van der Waals surface area (Å²) >= 11 is 1.70. The van der Waals surface area contributed by atoms with Crippen LogP contribution in [0.3, 0.4) is 0 Å². The Morgan fingerprint density at radius 2 is 1.97 bits per heavy atom. The van der Waals surface area contributed by atoms with E-state index in [0.29, 0.717) is 31.8 Å². The summed E-state index contributed by atoms with van der Waals surface area (Å²) in [6, 6.07) is 20.2. The van der Waals surface area contributed by atoms with Gasteiger partial charge in [-0.3, -0.25) is 9.48 Å². The topological polar surface area (TPSA) is 56.6 Å². The van der Waals surface area contributed by atoms with Crippen molar-refractivity contribution in [3.05, 3.63) is 105 Å². The Bertz CT molecular complexity index is 1320. The predicted molar refractivity (Wildman–Crippen MR) is 151 cm³/mol. The number of aryl methyl sites for hydroxylation is 2. The van der Waals surface area contributed by atoms with E-state index in [4.69, 9.17) is 9.47 Å². The number of carbonyl (C=O) groups is 1. The molecule has 6 nitrogen and oxygen atoms in total. The zero-order valence-corrected chi connectivity index (χ0v) is 23.0. The number of nitrogens with zero attached hydrogens (tertiary/aromatic N) is 3. The van der Waals surface area contributed by atoms with Crippen molar-refractivity contribution in [2.24, 2.45) is 0 Å². The van der Waals surface area contributed by atoms with Crippen molar-refractivity contribution in [2.75, 3.05) is 19.8 Å². The lowest BCUT2D eigenvalue weighted by atomic mass is 10.1. The highest BCUT2D eigenvalue weighted by molar-refractivity contribution is 7.07. The van der Waals surface area contributed by atoms with Crippen molar-refractivity contribution in [2.45, 2.75) is 52.3 Å². The number of ether oxygens (including phenoxy) is 2. The van der Waals surface area contributed by atoms with Crippen molar-refractivity contribution >= 4 is 17.2 Å². The molecule has 0 bridgehead atoms. The molecule has 2 aromatic carbocycles. The van der Waals surface area contributed by atoms with Gasteiger partial charge < -0.3 is 14.4 Å². The molecule has 4 aromatic rings. The first-order valence-electron chi connectivity index (χ1n) is 13.3. The molecular formula is C31H35N3O3S. The molecule has 0 spiro atoms. The minimum Gasteiger partial charge on any atom is -0.493 e. The minimum atomic E-state index is 0.0157. The number of hydrogen-bond donors (Lipinski definition) is 0. The van der Waals surface area contributed by atoms with E-state index in [1.54, 1.807) is 11.3 Å². The third-order valence-electron chi connectivity index (χ3n) is 6.88. The van der Waals surface area contributed by atoms with Crippen LogP contribution in [0.1, 0.15) is 51.3 Å². The van der Waals surface area contributed by atoms with E-state index in [-0.39, 0.29) is 12.0 Å². The summed E-state index contributed by atoms with van der Waals surface area (Å²) in [6.45, 7) is 7.23. The van der Waals surface area contributed by atoms with E-state index in [1.165, 1.54) is 5.56 Å². The number of rotatable bonds is 11. The average molecular weight is 530 g/mol. The van der Waals surface area contributed by atoms with Crippen LogP contribution in [0.5, 0.6) is 5.75 Å². The Kier molecular flexibility index (Phi) is 8.56. The highest BCUT2D eigenvalue weighted by Gasteiger charge is 2.24. The molecular weight excluding hydrogens is 494 g/mol. The molecule has 0 saturated carbocycles. The summed E-state index contributed by atoms with van der Waals surface area (Å²) in [5.74, 6) is 0.845. The van der Waals surface area contributed by atoms with Crippen molar-refractivity contribution in [3.63, 3.8) is 0 Å². The summed E-state index contributed by atoms with van der Waals surface area (Å²) < 4.78 is 13.9. The van der Waals surface area contributed by atoms with Crippen LogP contribution >= 0.6 is 11.3 Å². The van der Waals surface area contributed by atoms with Gasteiger partial charge in [-0.1, -0.05) is 24.3 Å². The molecule has 7 heteroatoms. The second kappa shape index (κ2) is 12.4. The highest BCUT2D eigenvalue weighted by atomic mass is 32.1. The van der Waals surface area contributed by atoms with E-state index in [0.717, 1.165) is 54.1 Å². The first-order valence-corrected chi connectivity index (χ1v) is 14.2. The third kappa shape index (κ3) is 6.91. The lowest BCUT2D eigenvalue weighted by molar-refractivity contribution is 0.0507. The summed E-state index contributed by atoms with van der Waals surface area (Å²) in [7, 11) is 0. The molecule has 1 unspecified atom stereocenters. The molecule has 1 fully saturated rings. The summed E-state index contributed by atoms with van der Waals surface area (Å²) in [5.41, 5.74) is 6.28. The second-order valence-electron chi connectivity index (χ2n) is 9.98. The Balaban J connectivity index is 1.26. The highest BCUT2D eigenvalue weighted by Crippen LogP contribution is 2.21. The molecule has 1 amide bonds. The fourth-order valence-corrected chi connectivity index (χ4v) is 5.58. The minimum absolute atomic E-state index is 0.0157. The van der Waals surface area contributed by atoms with Gasteiger partial charge >= 0.3 is 0 Å². The third-order valence-corrected chi connectivity index (χ3v) is 7.62. The van der Waals surface area contributed by atoms with Crippen molar-refractivity contribution < 1.29 is 14.3 Å². The van der Waals surface area contributed by atoms with Crippen molar-refractivity contribution in [3.8, 4) is 5.75 Å². The smallest absolute Gasteiger partial charge is 0.254 e. The van der Waals surface area contributed by atoms with Crippen LogP contribution in [-0.4, -0.2) is 46.5 Å². The monoisotopic (exact) mass is 529 g/mol. The number of aromatic nitrogens is 2. The lowest BCUT2D eigenvalue weighted by Gasteiger charge is -2.26. The molecule has 1 atom stereocenters. The molecule has 0 radical (unpaired) electrons. The molecule has 1 aliphatic heterocycles. The Hall–Kier alpha value is -3.42. The fourth-order valence-electron chi connectivity index (χ4n) is 4.87. The zero-order chi connectivity index (χ0) is 26.3. The van der Waals surface area contributed by atoms with Gasteiger partial charge in [-0.15, -0.1) is 0 Å². The van der Waals surface area contributed by atoms with Crippen LogP contribution in [0, 0.1) is 13.8 Å². The van der Waals surface area contributed by atoms with Gasteiger partial charge in [0.25, 0.3) is 5.91 Å². The quantitative estimate of drug-likeness (QED) is 0.237. The molecule has 0 N–H and O–H groups in total. The van der Waals surface area contributed by atoms with Gasteiger partial charge in [-0.2, -0.15) is 16.4 Å². The Labute approximate surface area is 228 Å². The van der Waals surface area contributed by atoms with Crippen LogP contribution in [0.2, 0.25) is 0 Å². The average Bonchev–Trinajstić information content (AvgIpc) is 3.68. The van der Waals surface area contributed by atoms with Gasteiger partial charge in [0.05, 0.1) is 24.9 Å². The van der Waals surface area contributed by atoms with Crippen LogP contribution in [0.15, 0.2) is 71.4 Å². The number of hydrogen-bond acceptors (Lipinski definition) is 5. The van der Waals surface area contributed by atoms with Gasteiger partial charge in [-0.25, -0.2) is 0 Å². The number of thiophene rings is 1. The van der Waals surface area contributed by atoms with Crippen LogP contribution < -0.4 is 4.74 Å². The summed E-state index contributed by atoms with van der Waals surface area (Å²) in [6.07, 6.45) is 2.99. The van der Waals surface area contributed by atoms with Crippen molar-refractivity contribution in [1.82, 2.24) is 14.7 Å². The van der Waals surface area contributed by atoms with Gasteiger partial charge in [0.2, 0.25) is 0 Å². The molecule has 3 heterocycles. The van der Waals surface area contributed by atoms with Gasteiger partial charge in [0, 0.05) is 37.4 Å². The fraction of sp³-hybridized carbons (Fsp3) is 0.355. The van der Waals surface area contributed by atoms with Crippen molar-refractivity contribution in [1.29, 1.82) is 0 Å². The first kappa shape index (κ1) is 26.2. The standard InChI is InChI=1S/C31H35N3O3S/c1-23-17-24(2)34(32-23)20-25-8-10-28(11-9-25)31(35)33(21-30-7-4-14-36-30)19-27-5-3-6-29(18-27)37-15-12-26-13-16-38-22-26/h3,5-6,8-11,13,16-18,22,30H,4,7,12,14-15,19-21H2,1-2H3. The van der Waals surface area contributed by atoms with Gasteiger partial charge in [0.1, 0.15) is 5.75 Å². The maximum Gasteiger partial charge on any atom is 0.254 e.